The van der Waals surface area contributed by atoms with Crippen LogP contribution in [0.15, 0.2) is 24.3 Å². The molecule has 1 rings (SSSR count). The molecule has 0 saturated carbocycles. The highest BCUT2D eigenvalue weighted by Crippen LogP contribution is 2.21. The van der Waals surface area contributed by atoms with Crippen LogP contribution in [0.3, 0.4) is 0 Å². The van der Waals surface area contributed by atoms with Crippen molar-refractivity contribution in [3.63, 3.8) is 0 Å². The fourth-order valence-electron chi connectivity index (χ4n) is 2.25. The minimum atomic E-state index is -0.255. The van der Waals surface area contributed by atoms with Gasteiger partial charge in [-0.3, -0.25) is 4.79 Å². The second kappa shape index (κ2) is 8.69. The van der Waals surface area contributed by atoms with E-state index in [1.165, 1.54) is 6.07 Å². The van der Waals surface area contributed by atoms with E-state index in [2.05, 4.69) is 12.2 Å². The highest BCUT2D eigenvalue weighted by atomic mass is 19.1. The Morgan fingerprint density at radius 1 is 1.40 bits per heavy atom. The van der Waals surface area contributed by atoms with Crippen molar-refractivity contribution in [2.24, 2.45) is 5.73 Å². The predicted molar refractivity (Wildman–Crippen MR) is 79.9 cm³/mol. The molecule has 0 saturated heterocycles. The molecule has 1 aromatic rings. The zero-order chi connectivity index (χ0) is 15.0. The Bertz CT molecular complexity index is 423. The quantitative estimate of drug-likeness (QED) is 0.769. The van der Waals surface area contributed by atoms with Crippen molar-refractivity contribution in [3.05, 3.63) is 35.6 Å². The molecule has 2 unspecified atom stereocenters. The Kier molecular flexibility index (Phi) is 7.23. The Morgan fingerprint density at radius 3 is 2.70 bits per heavy atom. The molecule has 0 aromatic heterocycles. The molecule has 0 aliphatic heterocycles. The number of unbranched alkanes of at least 4 members (excludes halogenated alkanes) is 1. The molecule has 0 aliphatic rings. The molecule has 0 heterocycles. The zero-order valence-electron chi connectivity index (χ0n) is 12.4. The number of nitrogens with one attached hydrogen (secondary N) is 1. The van der Waals surface area contributed by atoms with Gasteiger partial charge in [0.1, 0.15) is 5.82 Å². The molecule has 0 radical (unpaired) electrons. The largest absolute Gasteiger partial charge is 0.352 e. The van der Waals surface area contributed by atoms with Crippen LogP contribution in [0.5, 0.6) is 0 Å². The van der Waals surface area contributed by atoms with E-state index >= 15 is 0 Å². The maximum atomic E-state index is 13.6. The molecule has 4 heteroatoms. The first kappa shape index (κ1) is 16.6. The summed E-state index contributed by atoms with van der Waals surface area (Å²) < 4.78 is 13.6. The van der Waals surface area contributed by atoms with Crippen molar-refractivity contribution in [1.82, 2.24) is 5.32 Å². The predicted octanol–water partition coefficient (Wildman–Crippen LogP) is 2.95. The molecule has 0 spiro atoms. The van der Waals surface area contributed by atoms with Gasteiger partial charge in [0, 0.05) is 19.0 Å². The van der Waals surface area contributed by atoms with Crippen LogP contribution in [0, 0.1) is 5.82 Å². The number of hydrogen-bond donors (Lipinski definition) is 2. The van der Waals surface area contributed by atoms with Crippen molar-refractivity contribution >= 4 is 5.91 Å². The SMILES string of the molecule is CCCCC(CN)NC(=O)CC(C)c1ccccc1F. The van der Waals surface area contributed by atoms with Gasteiger partial charge in [0.25, 0.3) is 0 Å². The van der Waals surface area contributed by atoms with E-state index in [0.717, 1.165) is 19.3 Å². The van der Waals surface area contributed by atoms with Crippen LogP contribution in [0.1, 0.15) is 51.0 Å². The Hall–Kier alpha value is -1.42. The molecule has 1 amide bonds. The molecule has 0 aliphatic carbocycles. The van der Waals surface area contributed by atoms with Crippen LogP contribution in [0.4, 0.5) is 4.39 Å². The van der Waals surface area contributed by atoms with E-state index in [1.807, 2.05) is 6.92 Å². The number of amides is 1. The molecule has 0 bridgehead atoms. The molecule has 1 aromatic carbocycles. The average molecular weight is 280 g/mol. The first-order chi connectivity index (χ1) is 9.58. The highest BCUT2D eigenvalue weighted by Gasteiger charge is 2.16. The summed E-state index contributed by atoms with van der Waals surface area (Å²) in [7, 11) is 0. The number of benzene rings is 1. The fraction of sp³-hybridized carbons (Fsp3) is 0.562. The Labute approximate surface area is 120 Å². The van der Waals surface area contributed by atoms with E-state index < -0.39 is 0 Å². The summed E-state index contributed by atoms with van der Waals surface area (Å²) in [6.45, 7) is 4.41. The fourth-order valence-corrected chi connectivity index (χ4v) is 2.25. The number of carbonyl (C=O) groups is 1. The van der Waals surface area contributed by atoms with E-state index in [4.69, 9.17) is 5.73 Å². The topological polar surface area (TPSA) is 55.1 Å². The van der Waals surface area contributed by atoms with Gasteiger partial charge < -0.3 is 11.1 Å². The van der Waals surface area contributed by atoms with Crippen LogP contribution in [0.2, 0.25) is 0 Å². The minimum absolute atomic E-state index is 0.0234. The number of carbonyl (C=O) groups excluding carboxylic acids is 1. The van der Waals surface area contributed by atoms with Gasteiger partial charge in [-0.25, -0.2) is 4.39 Å². The van der Waals surface area contributed by atoms with Crippen molar-refractivity contribution in [2.45, 2.75) is 51.5 Å². The molecular formula is C16H25FN2O. The van der Waals surface area contributed by atoms with Gasteiger partial charge in [0.15, 0.2) is 0 Å². The first-order valence-corrected chi connectivity index (χ1v) is 7.32. The molecule has 0 fully saturated rings. The zero-order valence-corrected chi connectivity index (χ0v) is 12.4. The molecule has 3 N–H and O–H groups in total. The lowest BCUT2D eigenvalue weighted by Crippen LogP contribution is -2.40. The minimum Gasteiger partial charge on any atom is -0.352 e. The summed E-state index contributed by atoms with van der Waals surface area (Å²) in [5.41, 5.74) is 6.24. The molecule has 112 valence electrons. The van der Waals surface area contributed by atoms with Crippen LogP contribution in [0.25, 0.3) is 0 Å². The summed E-state index contributed by atoms with van der Waals surface area (Å²) >= 11 is 0. The van der Waals surface area contributed by atoms with E-state index in [0.29, 0.717) is 12.1 Å². The highest BCUT2D eigenvalue weighted by molar-refractivity contribution is 5.77. The normalized spacial score (nSPS) is 13.8. The van der Waals surface area contributed by atoms with E-state index in [-0.39, 0.29) is 30.1 Å². The summed E-state index contributed by atoms with van der Waals surface area (Å²) in [4.78, 5) is 12.0. The summed E-state index contributed by atoms with van der Waals surface area (Å²) in [6.07, 6.45) is 3.30. The summed E-state index contributed by atoms with van der Waals surface area (Å²) in [6, 6.07) is 6.62. The molecule has 3 nitrogen and oxygen atoms in total. The lowest BCUT2D eigenvalue weighted by atomic mass is 9.96. The van der Waals surface area contributed by atoms with Gasteiger partial charge in [-0.05, 0) is 24.0 Å². The number of nitrogens with two attached hydrogens (primary N) is 1. The van der Waals surface area contributed by atoms with Gasteiger partial charge in [-0.15, -0.1) is 0 Å². The lowest BCUT2D eigenvalue weighted by Gasteiger charge is -2.18. The molecule has 20 heavy (non-hydrogen) atoms. The van der Waals surface area contributed by atoms with E-state index in [9.17, 15) is 9.18 Å². The van der Waals surface area contributed by atoms with Crippen LogP contribution >= 0.6 is 0 Å². The van der Waals surface area contributed by atoms with Gasteiger partial charge in [0.2, 0.25) is 5.91 Å². The third kappa shape index (κ3) is 5.29. The van der Waals surface area contributed by atoms with Gasteiger partial charge in [0.05, 0.1) is 0 Å². The van der Waals surface area contributed by atoms with Crippen LogP contribution in [-0.4, -0.2) is 18.5 Å². The Balaban J connectivity index is 2.51. The summed E-state index contributed by atoms with van der Waals surface area (Å²) in [5.74, 6) is -0.456. The molecule has 2 atom stereocenters. The number of halogens is 1. The monoisotopic (exact) mass is 280 g/mol. The third-order valence-corrected chi connectivity index (χ3v) is 3.48. The van der Waals surface area contributed by atoms with Crippen molar-refractivity contribution < 1.29 is 9.18 Å². The number of hydrogen-bond acceptors (Lipinski definition) is 2. The van der Waals surface area contributed by atoms with Crippen LogP contribution < -0.4 is 11.1 Å². The van der Waals surface area contributed by atoms with Crippen LogP contribution in [-0.2, 0) is 4.79 Å². The maximum Gasteiger partial charge on any atom is 0.220 e. The second-order valence-corrected chi connectivity index (χ2v) is 5.27. The maximum absolute atomic E-state index is 13.6. The first-order valence-electron chi connectivity index (χ1n) is 7.32. The van der Waals surface area contributed by atoms with Gasteiger partial charge in [-0.1, -0.05) is 44.9 Å². The van der Waals surface area contributed by atoms with Crippen molar-refractivity contribution in [2.75, 3.05) is 6.54 Å². The lowest BCUT2D eigenvalue weighted by molar-refractivity contribution is -0.122. The average Bonchev–Trinajstić information content (AvgIpc) is 2.43. The number of rotatable bonds is 8. The van der Waals surface area contributed by atoms with E-state index in [1.54, 1.807) is 18.2 Å². The van der Waals surface area contributed by atoms with Gasteiger partial charge in [-0.2, -0.15) is 0 Å². The van der Waals surface area contributed by atoms with Crippen molar-refractivity contribution in [1.29, 1.82) is 0 Å². The smallest absolute Gasteiger partial charge is 0.220 e. The third-order valence-electron chi connectivity index (χ3n) is 3.48. The Morgan fingerprint density at radius 2 is 2.10 bits per heavy atom. The molecular weight excluding hydrogens is 255 g/mol. The van der Waals surface area contributed by atoms with Crippen molar-refractivity contribution in [3.8, 4) is 0 Å². The second-order valence-electron chi connectivity index (χ2n) is 5.27. The standard InChI is InChI=1S/C16H25FN2O/c1-3-4-7-13(11-18)19-16(20)10-12(2)14-8-5-6-9-15(14)17/h5-6,8-9,12-13H,3-4,7,10-11,18H2,1-2H3,(H,19,20). The summed E-state index contributed by atoms with van der Waals surface area (Å²) in [5, 5.41) is 2.94. The van der Waals surface area contributed by atoms with Gasteiger partial charge >= 0.3 is 0 Å².